The van der Waals surface area contributed by atoms with E-state index in [1.807, 2.05) is 0 Å². The van der Waals surface area contributed by atoms with Crippen LogP contribution in [0.5, 0.6) is 0 Å². The highest BCUT2D eigenvalue weighted by Crippen LogP contribution is 2.26. The standard InChI is InChI=1S/C9H13N3O/c13-8-3-7(4-8)5-12-9-6-10-1-2-11-9/h1-2,6-8,13H,3-5H2,(H,11,12). The molecule has 0 saturated heterocycles. The number of aliphatic hydroxyl groups is 1. The third-order valence-corrected chi connectivity index (χ3v) is 2.35. The second-order valence-electron chi connectivity index (χ2n) is 3.46. The van der Waals surface area contributed by atoms with Crippen LogP contribution < -0.4 is 5.32 Å². The molecule has 1 aromatic rings. The summed E-state index contributed by atoms with van der Waals surface area (Å²) in [5, 5.41) is 12.2. The van der Waals surface area contributed by atoms with Gasteiger partial charge in [-0.05, 0) is 18.8 Å². The van der Waals surface area contributed by atoms with Gasteiger partial charge in [-0.3, -0.25) is 4.98 Å². The van der Waals surface area contributed by atoms with Gasteiger partial charge in [-0.25, -0.2) is 4.98 Å². The van der Waals surface area contributed by atoms with E-state index in [2.05, 4.69) is 15.3 Å². The molecule has 13 heavy (non-hydrogen) atoms. The van der Waals surface area contributed by atoms with Gasteiger partial charge < -0.3 is 10.4 Å². The lowest BCUT2D eigenvalue weighted by atomic mass is 9.82. The van der Waals surface area contributed by atoms with Gasteiger partial charge in [-0.2, -0.15) is 0 Å². The largest absolute Gasteiger partial charge is 0.393 e. The maximum Gasteiger partial charge on any atom is 0.144 e. The second-order valence-corrected chi connectivity index (χ2v) is 3.46. The van der Waals surface area contributed by atoms with Crippen LogP contribution in [0.3, 0.4) is 0 Å². The summed E-state index contributed by atoms with van der Waals surface area (Å²) >= 11 is 0. The lowest BCUT2D eigenvalue weighted by Gasteiger charge is -2.31. The molecule has 1 aromatic heterocycles. The normalized spacial score (nSPS) is 26.5. The van der Waals surface area contributed by atoms with Gasteiger partial charge in [0.2, 0.25) is 0 Å². The Morgan fingerprint density at radius 1 is 1.46 bits per heavy atom. The molecule has 1 saturated carbocycles. The molecule has 4 heteroatoms. The number of rotatable bonds is 3. The summed E-state index contributed by atoms with van der Waals surface area (Å²) in [6.07, 6.45) is 6.76. The third kappa shape index (κ3) is 2.15. The minimum atomic E-state index is -0.0753. The highest BCUT2D eigenvalue weighted by Gasteiger charge is 2.26. The zero-order valence-electron chi connectivity index (χ0n) is 7.35. The number of nitrogens with one attached hydrogen (secondary N) is 1. The average molecular weight is 179 g/mol. The molecule has 0 radical (unpaired) electrons. The summed E-state index contributed by atoms with van der Waals surface area (Å²) in [5.74, 6) is 1.40. The Kier molecular flexibility index (Phi) is 2.40. The van der Waals surface area contributed by atoms with Crippen LogP contribution in [0.15, 0.2) is 18.6 Å². The number of aliphatic hydroxyl groups excluding tert-OH is 1. The average Bonchev–Trinajstić information content (AvgIpc) is 2.12. The summed E-state index contributed by atoms with van der Waals surface area (Å²) in [7, 11) is 0. The van der Waals surface area contributed by atoms with Crippen molar-refractivity contribution in [3.8, 4) is 0 Å². The van der Waals surface area contributed by atoms with E-state index < -0.39 is 0 Å². The Hall–Kier alpha value is -1.16. The molecule has 0 unspecified atom stereocenters. The van der Waals surface area contributed by atoms with E-state index in [-0.39, 0.29) is 6.10 Å². The van der Waals surface area contributed by atoms with Gasteiger partial charge in [0.1, 0.15) is 5.82 Å². The van der Waals surface area contributed by atoms with E-state index in [1.165, 1.54) is 0 Å². The Morgan fingerprint density at radius 3 is 2.92 bits per heavy atom. The topological polar surface area (TPSA) is 58.0 Å². The smallest absolute Gasteiger partial charge is 0.144 e. The lowest BCUT2D eigenvalue weighted by Crippen LogP contribution is -2.33. The Balaban J connectivity index is 1.74. The SMILES string of the molecule is OC1CC(CNc2cnccn2)C1. The van der Waals surface area contributed by atoms with Crippen molar-refractivity contribution in [2.45, 2.75) is 18.9 Å². The molecule has 70 valence electrons. The van der Waals surface area contributed by atoms with Crippen molar-refractivity contribution in [2.24, 2.45) is 5.92 Å². The number of nitrogens with zero attached hydrogens (tertiary/aromatic N) is 2. The van der Waals surface area contributed by atoms with Gasteiger partial charge in [0.05, 0.1) is 12.3 Å². The van der Waals surface area contributed by atoms with Crippen molar-refractivity contribution >= 4 is 5.82 Å². The van der Waals surface area contributed by atoms with Crippen molar-refractivity contribution in [1.82, 2.24) is 9.97 Å². The first kappa shape index (κ1) is 8.44. The molecule has 1 aliphatic carbocycles. The first-order chi connectivity index (χ1) is 6.34. The molecule has 1 aliphatic rings. The first-order valence-corrected chi connectivity index (χ1v) is 4.52. The minimum Gasteiger partial charge on any atom is -0.393 e. The lowest BCUT2D eigenvalue weighted by molar-refractivity contribution is 0.0486. The van der Waals surface area contributed by atoms with Crippen LogP contribution in [0.25, 0.3) is 0 Å². The molecule has 0 aromatic carbocycles. The van der Waals surface area contributed by atoms with Crippen LogP contribution in [0, 0.1) is 5.92 Å². The molecule has 0 spiro atoms. The highest BCUT2D eigenvalue weighted by atomic mass is 16.3. The van der Waals surface area contributed by atoms with Crippen LogP contribution in [-0.2, 0) is 0 Å². The number of anilines is 1. The van der Waals surface area contributed by atoms with E-state index in [9.17, 15) is 0 Å². The molecule has 1 heterocycles. The molecule has 1 fully saturated rings. The minimum absolute atomic E-state index is 0.0753. The van der Waals surface area contributed by atoms with E-state index in [0.717, 1.165) is 25.2 Å². The van der Waals surface area contributed by atoms with Crippen molar-refractivity contribution in [3.63, 3.8) is 0 Å². The van der Waals surface area contributed by atoms with Gasteiger partial charge in [-0.1, -0.05) is 0 Å². The van der Waals surface area contributed by atoms with Crippen LogP contribution in [0.2, 0.25) is 0 Å². The van der Waals surface area contributed by atoms with Crippen LogP contribution in [0.1, 0.15) is 12.8 Å². The van der Waals surface area contributed by atoms with Gasteiger partial charge in [0.25, 0.3) is 0 Å². The van der Waals surface area contributed by atoms with Gasteiger partial charge >= 0.3 is 0 Å². The molecule has 0 bridgehead atoms. The van der Waals surface area contributed by atoms with Crippen molar-refractivity contribution in [1.29, 1.82) is 0 Å². The van der Waals surface area contributed by atoms with Gasteiger partial charge in [0, 0.05) is 18.9 Å². The second kappa shape index (κ2) is 3.70. The fourth-order valence-corrected chi connectivity index (χ4v) is 1.51. The molecule has 2 rings (SSSR count). The zero-order chi connectivity index (χ0) is 9.10. The van der Waals surface area contributed by atoms with Gasteiger partial charge in [0.15, 0.2) is 0 Å². The zero-order valence-corrected chi connectivity index (χ0v) is 7.35. The highest BCUT2D eigenvalue weighted by molar-refractivity contribution is 5.29. The van der Waals surface area contributed by atoms with E-state index in [1.54, 1.807) is 18.6 Å². The molecule has 0 atom stereocenters. The Labute approximate surface area is 77.0 Å². The first-order valence-electron chi connectivity index (χ1n) is 4.52. The molecular weight excluding hydrogens is 166 g/mol. The van der Waals surface area contributed by atoms with Crippen LogP contribution >= 0.6 is 0 Å². The Bertz CT molecular complexity index is 259. The fraction of sp³-hybridized carbons (Fsp3) is 0.556. The van der Waals surface area contributed by atoms with E-state index >= 15 is 0 Å². The van der Waals surface area contributed by atoms with E-state index in [0.29, 0.717) is 5.92 Å². The molecule has 0 aliphatic heterocycles. The van der Waals surface area contributed by atoms with Crippen molar-refractivity contribution < 1.29 is 5.11 Å². The summed E-state index contributed by atoms with van der Waals surface area (Å²) in [6, 6.07) is 0. The summed E-state index contributed by atoms with van der Waals surface area (Å²) in [4.78, 5) is 8.04. The van der Waals surface area contributed by atoms with Gasteiger partial charge in [-0.15, -0.1) is 0 Å². The number of hydrogen-bond donors (Lipinski definition) is 2. The predicted molar refractivity (Wildman–Crippen MR) is 49.3 cm³/mol. The summed E-state index contributed by atoms with van der Waals surface area (Å²) in [6.45, 7) is 0.885. The molecule has 2 N–H and O–H groups in total. The fourth-order valence-electron chi connectivity index (χ4n) is 1.51. The van der Waals surface area contributed by atoms with Crippen LogP contribution in [0.4, 0.5) is 5.82 Å². The number of aromatic nitrogens is 2. The maximum absolute atomic E-state index is 9.06. The summed E-state index contributed by atoms with van der Waals surface area (Å²) < 4.78 is 0. The van der Waals surface area contributed by atoms with E-state index in [4.69, 9.17) is 5.11 Å². The monoisotopic (exact) mass is 179 g/mol. The molecule has 0 amide bonds. The predicted octanol–water partition coefficient (Wildman–Crippen LogP) is 0.659. The van der Waals surface area contributed by atoms with Crippen molar-refractivity contribution in [2.75, 3.05) is 11.9 Å². The quantitative estimate of drug-likeness (QED) is 0.715. The number of hydrogen-bond acceptors (Lipinski definition) is 4. The van der Waals surface area contributed by atoms with Crippen molar-refractivity contribution in [3.05, 3.63) is 18.6 Å². The third-order valence-electron chi connectivity index (χ3n) is 2.35. The van der Waals surface area contributed by atoms with Crippen LogP contribution in [-0.4, -0.2) is 27.7 Å². The maximum atomic E-state index is 9.06. The molecule has 4 nitrogen and oxygen atoms in total. The Morgan fingerprint density at radius 2 is 2.31 bits per heavy atom. The summed E-state index contributed by atoms with van der Waals surface area (Å²) in [5.41, 5.74) is 0. The molecular formula is C9H13N3O.